The Morgan fingerprint density at radius 2 is 1.81 bits per heavy atom. The van der Waals surface area contributed by atoms with E-state index in [0.29, 0.717) is 11.8 Å². The smallest absolute Gasteiger partial charge is 0.411 e. The molecule has 1 N–H and O–H groups in total. The zero-order valence-electron chi connectivity index (χ0n) is 24.1. The van der Waals surface area contributed by atoms with Gasteiger partial charge in [-0.05, 0) is 62.9 Å². The van der Waals surface area contributed by atoms with Gasteiger partial charge in [0.15, 0.2) is 0 Å². The molecule has 3 aromatic rings. The van der Waals surface area contributed by atoms with E-state index < -0.39 is 53.1 Å². The number of aromatic nitrogens is 2. The van der Waals surface area contributed by atoms with Crippen LogP contribution in [0.2, 0.25) is 0 Å². The molecule has 2 aromatic heterocycles. The monoisotopic (exact) mass is 598 g/mol. The molecule has 43 heavy (non-hydrogen) atoms. The summed E-state index contributed by atoms with van der Waals surface area (Å²) in [5.74, 6) is -3.07. The molecule has 1 aliphatic heterocycles. The van der Waals surface area contributed by atoms with Gasteiger partial charge < -0.3 is 19.6 Å². The summed E-state index contributed by atoms with van der Waals surface area (Å²) in [6.07, 6.45) is 4.35. The summed E-state index contributed by atoms with van der Waals surface area (Å²) in [7, 11) is 0. The number of hydrogen-bond donors (Lipinski definition) is 1. The van der Waals surface area contributed by atoms with Gasteiger partial charge in [-0.2, -0.15) is 0 Å². The summed E-state index contributed by atoms with van der Waals surface area (Å²) in [5, 5.41) is 2.68. The number of rotatable bonds is 9. The summed E-state index contributed by atoms with van der Waals surface area (Å²) in [6.45, 7) is 5.18. The number of carbonyl (C=O) groups is 3. The predicted molar refractivity (Wildman–Crippen MR) is 151 cm³/mol. The molecule has 1 fully saturated rings. The highest BCUT2D eigenvalue weighted by molar-refractivity contribution is 5.92. The van der Waals surface area contributed by atoms with E-state index in [4.69, 9.17) is 9.47 Å². The Balaban J connectivity index is 1.47. The van der Waals surface area contributed by atoms with E-state index in [1.165, 1.54) is 47.6 Å². The molecule has 9 nitrogen and oxygen atoms in total. The van der Waals surface area contributed by atoms with Crippen molar-refractivity contribution in [2.45, 2.75) is 63.7 Å². The summed E-state index contributed by atoms with van der Waals surface area (Å²) >= 11 is 0. The van der Waals surface area contributed by atoms with Crippen molar-refractivity contribution in [1.82, 2.24) is 14.9 Å². The van der Waals surface area contributed by atoms with Crippen molar-refractivity contribution in [3.8, 4) is 0 Å². The number of halogens is 3. The van der Waals surface area contributed by atoms with E-state index in [9.17, 15) is 27.6 Å². The number of nitrogens with zero attached hydrogens (tertiary/aromatic N) is 3. The number of hydrogen-bond acceptors (Lipinski definition) is 7. The van der Waals surface area contributed by atoms with Gasteiger partial charge in [-0.1, -0.05) is 12.1 Å². The van der Waals surface area contributed by atoms with Crippen LogP contribution in [0.5, 0.6) is 0 Å². The van der Waals surface area contributed by atoms with Crippen LogP contribution in [-0.4, -0.2) is 64.1 Å². The van der Waals surface area contributed by atoms with E-state index in [2.05, 4.69) is 15.3 Å². The first-order valence-corrected chi connectivity index (χ1v) is 13.8. The van der Waals surface area contributed by atoms with Gasteiger partial charge in [0.2, 0.25) is 5.91 Å². The average molecular weight is 599 g/mol. The minimum atomic E-state index is -0.808. The minimum Gasteiger partial charge on any atom is -0.444 e. The maximum absolute atomic E-state index is 15.0. The molecule has 1 aromatic carbocycles. The standard InChI is InChI=1S/C31H33F3N4O5/c1-31(2,3)43-30(41)38-16-22(42-18-21(38)17-39)8-9-24-27(34)14-36-15-28(24)37-29(40)12-25(19-4-6-20(32)7-5-19)23-10-11-35-13-26(23)33/h4-7,10-11,13-15,17,21-22,25H,8-9,12,16,18H2,1-3H3,(H,37,40)/t21-,22-,25+/m1/s1. The third-order valence-corrected chi connectivity index (χ3v) is 6.92. The SMILES string of the molecule is CC(C)(C)OC(=O)N1C[C@@H](CCc2c(F)cncc2NC(=O)C[C@@H](c2ccc(F)cc2)c2ccncc2F)OC[C@H]1C=O. The summed E-state index contributed by atoms with van der Waals surface area (Å²) in [4.78, 5) is 46.4. The van der Waals surface area contributed by atoms with Gasteiger partial charge >= 0.3 is 6.09 Å². The van der Waals surface area contributed by atoms with Crippen LogP contribution in [-0.2, 0) is 25.5 Å². The topological polar surface area (TPSA) is 111 Å². The van der Waals surface area contributed by atoms with Crippen LogP contribution in [0.3, 0.4) is 0 Å². The number of nitrogens with one attached hydrogen (secondary N) is 1. The second-order valence-corrected chi connectivity index (χ2v) is 11.2. The fourth-order valence-electron chi connectivity index (χ4n) is 4.84. The molecule has 0 saturated carbocycles. The molecular formula is C31H33F3N4O5. The van der Waals surface area contributed by atoms with Gasteiger partial charge in [0.1, 0.15) is 35.4 Å². The molecule has 1 aliphatic rings. The van der Waals surface area contributed by atoms with E-state index in [1.54, 1.807) is 20.8 Å². The van der Waals surface area contributed by atoms with Gasteiger partial charge in [0, 0.05) is 24.1 Å². The maximum atomic E-state index is 15.0. The minimum absolute atomic E-state index is 0.0355. The number of aldehydes is 1. The molecule has 4 rings (SSSR count). The maximum Gasteiger partial charge on any atom is 0.411 e. The van der Waals surface area contributed by atoms with E-state index >= 15 is 0 Å². The highest BCUT2D eigenvalue weighted by Gasteiger charge is 2.35. The number of pyridine rings is 2. The van der Waals surface area contributed by atoms with Gasteiger partial charge in [0.25, 0.3) is 0 Å². The summed E-state index contributed by atoms with van der Waals surface area (Å²) in [6, 6.07) is 6.04. The van der Waals surface area contributed by atoms with E-state index in [1.807, 2.05) is 0 Å². The zero-order valence-corrected chi connectivity index (χ0v) is 24.1. The Kier molecular flexibility index (Phi) is 10.1. The van der Waals surface area contributed by atoms with Crippen LogP contribution in [0.15, 0.2) is 55.1 Å². The first kappa shape index (κ1) is 31.6. The molecule has 228 valence electrons. The third kappa shape index (κ3) is 8.38. The largest absolute Gasteiger partial charge is 0.444 e. The van der Waals surface area contributed by atoms with Crippen molar-refractivity contribution in [3.63, 3.8) is 0 Å². The molecular weight excluding hydrogens is 565 g/mol. The number of anilines is 1. The second-order valence-electron chi connectivity index (χ2n) is 11.2. The molecule has 0 unspecified atom stereocenters. The number of ether oxygens (including phenoxy) is 2. The Hall–Kier alpha value is -4.32. The highest BCUT2D eigenvalue weighted by Crippen LogP contribution is 2.31. The molecule has 0 radical (unpaired) electrons. The molecule has 12 heteroatoms. The van der Waals surface area contributed by atoms with Crippen LogP contribution in [0, 0.1) is 17.5 Å². The first-order chi connectivity index (χ1) is 20.4. The third-order valence-electron chi connectivity index (χ3n) is 6.92. The molecule has 0 spiro atoms. The summed E-state index contributed by atoms with van der Waals surface area (Å²) in [5.41, 5.74) is 0.249. The molecule has 3 atom stereocenters. The Labute approximate surface area is 247 Å². The molecule has 3 heterocycles. The number of amides is 2. The fourth-order valence-corrected chi connectivity index (χ4v) is 4.84. The van der Waals surface area contributed by atoms with Crippen LogP contribution in [0.4, 0.5) is 23.7 Å². The fraction of sp³-hybridized carbons (Fsp3) is 0.387. The van der Waals surface area contributed by atoms with Gasteiger partial charge in [-0.15, -0.1) is 0 Å². The predicted octanol–water partition coefficient (Wildman–Crippen LogP) is 5.19. The zero-order chi connectivity index (χ0) is 31.1. The van der Waals surface area contributed by atoms with Gasteiger partial charge in [-0.3, -0.25) is 19.7 Å². The number of carbonyl (C=O) groups excluding carboxylic acids is 3. The van der Waals surface area contributed by atoms with Crippen LogP contribution in [0.1, 0.15) is 56.2 Å². The molecule has 0 bridgehead atoms. The van der Waals surface area contributed by atoms with Crippen molar-refractivity contribution < 1.29 is 37.0 Å². The van der Waals surface area contributed by atoms with E-state index in [0.717, 1.165) is 12.4 Å². The number of morpholine rings is 1. The van der Waals surface area contributed by atoms with Crippen molar-refractivity contribution in [3.05, 3.63) is 89.3 Å². The van der Waals surface area contributed by atoms with Crippen LogP contribution in [0.25, 0.3) is 0 Å². The normalized spacial score (nSPS) is 17.7. The lowest BCUT2D eigenvalue weighted by molar-refractivity contribution is -0.123. The van der Waals surface area contributed by atoms with E-state index in [-0.39, 0.29) is 49.2 Å². The Bertz CT molecular complexity index is 1450. The van der Waals surface area contributed by atoms with Crippen molar-refractivity contribution in [2.75, 3.05) is 18.5 Å². The van der Waals surface area contributed by atoms with Gasteiger partial charge in [-0.25, -0.2) is 18.0 Å². The highest BCUT2D eigenvalue weighted by atomic mass is 19.1. The second kappa shape index (κ2) is 13.8. The van der Waals surface area contributed by atoms with Crippen molar-refractivity contribution in [1.29, 1.82) is 0 Å². The lowest BCUT2D eigenvalue weighted by Crippen LogP contribution is -2.54. The van der Waals surface area contributed by atoms with Gasteiger partial charge in [0.05, 0.1) is 43.5 Å². The molecule has 1 saturated heterocycles. The van der Waals surface area contributed by atoms with Crippen LogP contribution >= 0.6 is 0 Å². The lowest BCUT2D eigenvalue weighted by atomic mass is 9.88. The number of benzene rings is 1. The Morgan fingerprint density at radius 3 is 2.49 bits per heavy atom. The van der Waals surface area contributed by atoms with Crippen molar-refractivity contribution >= 4 is 24.0 Å². The lowest BCUT2D eigenvalue weighted by Gasteiger charge is -2.38. The Morgan fingerprint density at radius 1 is 1.09 bits per heavy atom. The quantitative estimate of drug-likeness (QED) is 0.338. The van der Waals surface area contributed by atoms with Crippen LogP contribution < -0.4 is 5.32 Å². The molecule has 2 amide bonds. The summed E-state index contributed by atoms with van der Waals surface area (Å²) < 4.78 is 54.4. The van der Waals surface area contributed by atoms with Crippen molar-refractivity contribution in [2.24, 2.45) is 0 Å². The first-order valence-electron chi connectivity index (χ1n) is 13.8. The molecule has 0 aliphatic carbocycles. The average Bonchev–Trinajstić information content (AvgIpc) is 2.95.